The van der Waals surface area contributed by atoms with Gasteiger partial charge in [-0.25, -0.2) is 0 Å². The Morgan fingerprint density at radius 1 is 1.14 bits per heavy atom. The topological polar surface area (TPSA) is 9.23 Å². The van der Waals surface area contributed by atoms with Crippen LogP contribution in [0.25, 0.3) is 0 Å². The van der Waals surface area contributed by atoms with Gasteiger partial charge in [0, 0.05) is 5.33 Å². The molecule has 2 heteroatoms. The van der Waals surface area contributed by atoms with E-state index in [0.29, 0.717) is 0 Å². The van der Waals surface area contributed by atoms with Gasteiger partial charge in [0.05, 0.1) is 12.2 Å². The van der Waals surface area contributed by atoms with Crippen LogP contribution in [0.3, 0.4) is 0 Å². The van der Waals surface area contributed by atoms with Crippen molar-refractivity contribution >= 4 is 15.9 Å². The molecule has 1 aliphatic rings. The predicted octanol–water partition coefficient (Wildman–Crippen LogP) is 5.53. The average molecular weight is 345 g/mol. The minimum absolute atomic E-state index is 0.113. The smallest absolute Gasteiger partial charge is 0.0932 e. The normalized spacial score (nSPS) is 19.0. The van der Waals surface area contributed by atoms with Crippen LogP contribution in [0.15, 0.2) is 48.5 Å². The van der Waals surface area contributed by atoms with E-state index in [9.17, 15) is 0 Å². The molecule has 0 amide bonds. The molecule has 0 bridgehead atoms. The molecule has 0 aromatic heterocycles. The second-order valence-corrected chi connectivity index (χ2v) is 6.36. The van der Waals surface area contributed by atoms with Crippen molar-refractivity contribution in [3.8, 4) is 0 Å². The fourth-order valence-electron chi connectivity index (χ4n) is 3.19. The summed E-state index contributed by atoms with van der Waals surface area (Å²) in [4.78, 5) is 0. The summed E-state index contributed by atoms with van der Waals surface area (Å²) in [6.07, 6.45) is 3.84. The van der Waals surface area contributed by atoms with Crippen LogP contribution in [0.1, 0.15) is 47.3 Å². The van der Waals surface area contributed by atoms with Crippen molar-refractivity contribution in [1.82, 2.24) is 0 Å². The van der Waals surface area contributed by atoms with Crippen molar-refractivity contribution in [1.29, 1.82) is 0 Å². The second kappa shape index (κ2) is 6.76. The maximum Gasteiger partial charge on any atom is 0.0932 e. The Morgan fingerprint density at radius 3 is 2.71 bits per heavy atom. The highest BCUT2D eigenvalue weighted by atomic mass is 79.9. The third-order valence-electron chi connectivity index (χ3n) is 4.32. The molecule has 110 valence electrons. The van der Waals surface area contributed by atoms with Gasteiger partial charge in [0.15, 0.2) is 0 Å². The van der Waals surface area contributed by atoms with E-state index < -0.39 is 0 Å². The molecule has 21 heavy (non-hydrogen) atoms. The minimum atomic E-state index is 0.113. The monoisotopic (exact) mass is 344 g/mol. The Morgan fingerprint density at radius 2 is 1.90 bits per heavy atom. The molecular formula is C19H21BrO. The van der Waals surface area contributed by atoms with Crippen LogP contribution in [0.2, 0.25) is 0 Å². The molecule has 0 aliphatic heterocycles. The zero-order valence-electron chi connectivity index (χ0n) is 12.4. The Kier molecular flexibility index (Phi) is 4.77. The lowest BCUT2D eigenvalue weighted by atomic mass is 9.89. The van der Waals surface area contributed by atoms with E-state index in [-0.39, 0.29) is 12.2 Å². The number of benzene rings is 2. The van der Waals surface area contributed by atoms with Crippen LogP contribution < -0.4 is 0 Å². The SMILES string of the molecule is Cc1ccccc1C(CBr)OC1CCCc2ccccc21. The van der Waals surface area contributed by atoms with E-state index >= 15 is 0 Å². The van der Waals surface area contributed by atoms with Crippen LogP contribution in [0, 0.1) is 6.92 Å². The molecule has 0 saturated heterocycles. The zero-order chi connectivity index (χ0) is 14.7. The highest BCUT2D eigenvalue weighted by Gasteiger charge is 2.24. The Hall–Kier alpha value is -1.12. The van der Waals surface area contributed by atoms with E-state index in [2.05, 4.69) is 71.4 Å². The van der Waals surface area contributed by atoms with Gasteiger partial charge >= 0.3 is 0 Å². The fraction of sp³-hybridized carbons (Fsp3) is 0.368. The molecule has 1 nitrogen and oxygen atoms in total. The van der Waals surface area contributed by atoms with Gasteiger partial charge in [-0.1, -0.05) is 64.5 Å². The number of hydrogen-bond acceptors (Lipinski definition) is 1. The number of aryl methyl sites for hydroxylation is 2. The number of ether oxygens (including phenoxy) is 1. The summed E-state index contributed by atoms with van der Waals surface area (Å²) in [5.41, 5.74) is 5.42. The third-order valence-corrected chi connectivity index (χ3v) is 4.91. The molecule has 2 atom stereocenters. The van der Waals surface area contributed by atoms with Gasteiger partial charge in [0.1, 0.15) is 0 Å². The summed E-state index contributed by atoms with van der Waals surface area (Å²) in [6.45, 7) is 2.16. The lowest BCUT2D eigenvalue weighted by molar-refractivity contribution is -0.0112. The Labute approximate surface area is 135 Å². The lowest BCUT2D eigenvalue weighted by Gasteiger charge is -2.30. The van der Waals surface area contributed by atoms with E-state index in [4.69, 9.17) is 4.74 Å². The van der Waals surface area contributed by atoms with Gasteiger partial charge < -0.3 is 4.74 Å². The second-order valence-electron chi connectivity index (χ2n) is 5.72. The first kappa shape index (κ1) is 14.8. The van der Waals surface area contributed by atoms with Crippen molar-refractivity contribution in [2.24, 2.45) is 0 Å². The van der Waals surface area contributed by atoms with Crippen molar-refractivity contribution in [3.05, 3.63) is 70.8 Å². The molecule has 3 rings (SSSR count). The van der Waals surface area contributed by atoms with Crippen LogP contribution >= 0.6 is 15.9 Å². The van der Waals surface area contributed by atoms with E-state index in [0.717, 1.165) is 11.8 Å². The van der Waals surface area contributed by atoms with Crippen LogP contribution in [-0.2, 0) is 11.2 Å². The van der Waals surface area contributed by atoms with Gasteiger partial charge in [0.25, 0.3) is 0 Å². The van der Waals surface area contributed by atoms with Crippen LogP contribution in [0.5, 0.6) is 0 Å². The summed E-state index contributed by atoms with van der Waals surface area (Å²) in [5.74, 6) is 0. The Bertz CT molecular complexity index is 608. The van der Waals surface area contributed by atoms with Crippen LogP contribution in [0.4, 0.5) is 0 Å². The number of alkyl halides is 1. The van der Waals surface area contributed by atoms with Crippen molar-refractivity contribution < 1.29 is 4.74 Å². The number of hydrogen-bond donors (Lipinski definition) is 0. The molecular weight excluding hydrogens is 324 g/mol. The summed E-state index contributed by atoms with van der Waals surface area (Å²) < 4.78 is 6.49. The lowest BCUT2D eigenvalue weighted by Crippen LogP contribution is -2.17. The molecule has 0 radical (unpaired) electrons. The first-order chi connectivity index (χ1) is 10.3. The highest BCUT2D eigenvalue weighted by molar-refractivity contribution is 9.09. The van der Waals surface area contributed by atoms with Crippen molar-refractivity contribution in [2.45, 2.75) is 38.4 Å². The largest absolute Gasteiger partial charge is 0.365 e. The molecule has 0 saturated carbocycles. The van der Waals surface area contributed by atoms with Gasteiger partial charge in [-0.2, -0.15) is 0 Å². The molecule has 2 aromatic carbocycles. The highest BCUT2D eigenvalue weighted by Crippen LogP contribution is 2.37. The van der Waals surface area contributed by atoms with E-state index in [1.807, 2.05) is 0 Å². The summed E-state index contributed by atoms with van der Waals surface area (Å²) in [6, 6.07) is 17.2. The molecule has 0 fully saturated rings. The summed E-state index contributed by atoms with van der Waals surface area (Å²) >= 11 is 3.63. The van der Waals surface area contributed by atoms with Gasteiger partial charge in [-0.15, -0.1) is 0 Å². The van der Waals surface area contributed by atoms with Gasteiger partial charge in [-0.3, -0.25) is 0 Å². The quantitative estimate of drug-likeness (QED) is 0.663. The standard InChI is InChI=1S/C19H21BrO/c1-14-7-2-4-10-16(14)19(13-20)21-18-12-6-9-15-8-3-5-11-17(15)18/h2-5,7-8,10-11,18-19H,6,9,12-13H2,1H3. The number of halogens is 1. The third kappa shape index (κ3) is 3.22. The zero-order valence-corrected chi connectivity index (χ0v) is 14.0. The first-order valence-corrected chi connectivity index (χ1v) is 8.76. The molecule has 2 unspecified atom stereocenters. The van der Waals surface area contributed by atoms with Gasteiger partial charge in [-0.05, 0) is 48.4 Å². The number of rotatable bonds is 4. The molecule has 0 N–H and O–H groups in total. The summed E-state index contributed by atoms with van der Waals surface area (Å²) in [5, 5.41) is 0.830. The van der Waals surface area contributed by atoms with Crippen LogP contribution in [-0.4, -0.2) is 5.33 Å². The van der Waals surface area contributed by atoms with Crippen molar-refractivity contribution in [2.75, 3.05) is 5.33 Å². The van der Waals surface area contributed by atoms with E-state index in [1.165, 1.54) is 35.1 Å². The maximum atomic E-state index is 6.49. The van der Waals surface area contributed by atoms with Gasteiger partial charge in [0.2, 0.25) is 0 Å². The maximum absolute atomic E-state index is 6.49. The summed E-state index contributed by atoms with van der Waals surface area (Å²) in [7, 11) is 0. The minimum Gasteiger partial charge on any atom is -0.365 e. The van der Waals surface area contributed by atoms with E-state index in [1.54, 1.807) is 0 Å². The Balaban J connectivity index is 1.84. The predicted molar refractivity (Wildman–Crippen MR) is 90.9 cm³/mol. The first-order valence-electron chi connectivity index (χ1n) is 7.64. The van der Waals surface area contributed by atoms with Crippen molar-refractivity contribution in [3.63, 3.8) is 0 Å². The fourth-order valence-corrected chi connectivity index (χ4v) is 3.69. The number of fused-ring (bicyclic) bond motifs is 1. The molecule has 1 aliphatic carbocycles. The molecule has 0 spiro atoms. The average Bonchev–Trinajstić information content (AvgIpc) is 2.53. The molecule has 2 aromatic rings. The molecule has 0 heterocycles.